The average molecular weight is 341 g/mol. The number of allylic oxidation sites excluding steroid dienone is 1. The van der Waals surface area contributed by atoms with Crippen LogP contribution in [-0.2, 0) is 17.8 Å². The highest BCUT2D eigenvalue weighted by molar-refractivity contribution is 5.85. The van der Waals surface area contributed by atoms with Gasteiger partial charge in [0.15, 0.2) is 11.5 Å². The second-order valence-corrected chi connectivity index (χ2v) is 5.35. The topological polar surface area (TPSA) is 59.6 Å². The summed E-state index contributed by atoms with van der Waals surface area (Å²) >= 11 is 0. The number of carbonyl (C=O) groups excluding carboxylic acids is 1. The minimum absolute atomic E-state index is 0. The summed E-state index contributed by atoms with van der Waals surface area (Å²) in [4.78, 5) is 12.1. The van der Waals surface area contributed by atoms with Gasteiger partial charge in [0.2, 0.25) is 5.91 Å². The van der Waals surface area contributed by atoms with Gasteiger partial charge >= 0.3 is 0 Å². The minimum Gasteiger partial charge on any atom is -0.493 e. The molecule has 1 amide bonds. The predicted molar refractivity (Wildman–Crippen MR) is 93.6 cm³/mol. The van der Waals surface area contributed by atoms with Crippen molar-refractivity contribution in [2.24, 2.45) is 0 Å². The fraction of sp³-hybridized carbons (Fsp3) is 0.471. The molecule has 2 rings (SSSR count). The van der Waals surface area contributed by atoms with Gasteiger partial charge in [-0.15, -0.1) is 19.0 Å². The highest BCUT2D eigenvalue weighted by Crippen LogP contribution is 2.33. The molecule has 0 spiro atoms. The van der Waals surface area contributed by atoms with Gasteiger partial charge in [0.25, 0.3) is 0 Å². The molecule has 23 heavy (non-hydrogen) atoms. The molecule has 1 unspecified atom stereocenters. The standard InChI is InChI=1S/C17H24N2O3.ClH/c1-4-6-13-9-12(10-15(21-2)16(13)22-3)11-19-17(20)14-7-5-8-18-14;/h4,9-10,14,18H,1,5-8,11H2,2-3H3,(H,19,20);1H. The fourth-order valence-corrected chi connectivity index (χ4v) is 2.74. The number of rotatable bonds is 7. The van der Waals surface area contributed by atoms with Crippen LogP contribution in [0, 0.1) is 0 Å². The Kier molecular flexibility index (Phi) is 7.92. The van der Waals surface area contributed by atoms with E-state index in [0.717, 1.165) is 36.3 Å². The number of nitrogens with one attached hydrogen (secondary N) is 2. The molecule has 1 aliphatic rings. The van der Waals surface area contributed by atoms with Crippen molar-refractivity contribution in [1.82, 2.24) is 10.6 Å². The van der Waals surface area contributed by atoms with Crippen LogP contribution < -0.4 is 20.1 Å². The Balaban J connectivity index is 0.00000264. The summed E-state index contributed by atoms with van der Waals surface area (Å²) < 4.78 is 10.8. The fourth-order valence-electron chi connectivity index (χ4n) is 2.74. The number of halogens is 1. The van der Waals surface area contributed by atoms with Crippen LogP contribution in [0.4, 0.5) is 0 Å². The number of amides is 1. The number of hydrogen-bond donors (Lipinski definition) is 2. The second kappa shape index (κ2) is 9.43. The van der Waals surface area contributed by atoms with Gasteiger partial charge in [-0.2, -0.15) is 0 Å². The molecule has 0 bridgehead atoms. The van der Waals surface area contributed by atoms with E-state index in [2.05, 4.69) is 17.2 Å². The molecular formula is C17H25ClN2O3. The third kappa shape index (κ3) is 4.88. The lowest BCUT2D eigenvalue weighted by atomic mass is 10.1. The summed E-state index contributed by atoms with van der Waals surface area (Å²) in [7, 11) is 3.23. The lowest BCUT2D eigenvalue weighted by Gasteiger charge is -2.16. The van der Waals surface area contributed by atoms with Crippen LogP contribution >= 0.6 is 12.4 Å². The van der Waals surface area contributed by atoms with E-state index in [-0.39, 0.29) is 24.4 Å². The smallest absolute Gasteiger partial charge is 0.237 e. The lowest BCUT2D eigenvalue weighted by Crippen LogP contribution is -2.40. The Morgan fingerprint density at radius 1 is 1.43 bits per heavy atom. The summed E-state index contributed by atoms with van der Waals surface area (Å²) in [6, 6.07) is 3.85. The van der Waals surface area contributed by atoms with Crippen LogP contribution in [0.1, 0.15) is 24.0 Å². The van der Waals surface area contributed by atoms with Crippen LogP contribution in [0.2, 0.25) is 0 Å². The molecule has 2 N–H and O–H groups in total. The quantitative estimate of drug-likeness (QED) is 0.747. The molecule has 1 aliphatic heterocycles. The summed E-state index contributed by atoms with van der Waals surface area (Å²) in [6.45, 7) is 5.16. The van der Waals surface area contributed by atoms with Crippen molar-refractivity contribution in [2.75, 3.05) is 20.8 Å². The van der Waals surface area contributed by atoms with E-state index in [9.17, 15) is 4.79 Å². The van der Waals surface area contributed by atoms with Crippen LogP contribution in [0.25, 0.3) is 0 Å². The molecule has 0 saturated carbocycles. The molecule has 0 aliphatic carbocycles. The van der Waals surface area contributed by atoms with Crippen LogP contribution in [0.3, 0.4) is 0 Å². The molecule has 5 nitrogen and oxygen atoms in total. The Labute approximate surface area is 143 Å². The summed E-state index contributed by atoms with van der Waals surface area (Å²) in [5, 5.41) is 6.17. The van der Waals surface area contributed by atoms with Gasteiger partial charge in [-0.1, -0.05) is 6.08 Å². The van der Waals surface area contributed by atoms with Crippen LogP contribution in [-0.4, -0.2) is 32.7 Å². The highest BCUT2D eigenvalue weighted by Gasteiger charge is 2.21. The van der Waals surface area contributed by atoms with Crippen molar-refractivity contribution < 1.29 is 14.3 Å². The van der Waals surface area contributed by atoms with E-state index in [1.807, 2.05) is 18.2 Å². The first-order valence-electron chi connectivity index (χ1n) is 7.55. The molecule has 1 atom stereocenters. The summed E-state index contributed by atoms with van der Waals surface area (Å²) in [5.41, 5.74) is 1.99. The molecule has 6 heteroatoms. The van der Waals surface area contributed by atoms with Gasteiger partial charge in [-0.3, -0.25) is 4.79 Å². The molecule has 1 saturated heterocycles. The minimum atomic E-state index is -0.0622. The van der Waals surface area contributed by atoms with Gasteiger partial charge in [0, 0.05) is 12.1 Å². The molecule has 0 radical (unpaired) electrons. The molecule has 1 fully saturated rings. The Bertz CT molecular complexity index is 543. The van der Waals surface area contributed by atoms with Crippen molar-refractivity contribution in [3.8, 4) is 11.5 Å². The van der Waals surface area contributed by atoms with Crippen molar-refractivity contribution >= 4 is 18.3 Å². The van der Waals surface area contributed by atoms with Crippen molar-refractivity contribution in [3.63, 3.8) is 0 Å². The van der Waals surface area contributed by atoms with Gasteiger partial charge < -0.3 is 20.1 Å². The van der Waals surface area contributed by atoms with Crippen LogP contribution in [0.5, 0.6) is 11.5 Å². The maximum Gasteiger partial charge on any atom is 0.237 e. The molecule has 128 valence electrons. The van der Waals surface area contributed by atoms with E-state index in [0.29, 0.717) is 18.7 Å². The maximum atomic E-state index is 12.1. The lowest BCUT2D eigenvalue weighted by molar-refractivity contribution is -0.122. The zero-order valence-corrected chi connectivity index (χ0v) is 14.5. The van der Waals surface area contributed by atoms with Crippen molar-refractivity contribution in [2.45, 2.75) is 31.8 Å². The van der Waals surface area contributed by atoms with Crippen molar-refractivity contribution in [1.29, 1.82) is 0 Å². The molecular weight excluding hydrogens is 316 g/mol. The average Bonchev–Trinajstić information content (AvgIpc) is 3.06. The summed E-state index contributed by atoms with van der Waals surface area (Å²) in [6.07, 6.45) is 4.46. The third-order valence-electron chi connectivity index (χ3n) is 3.82. The van der Waals surface area contributed by atoms with Gasteiger partial charge in [-0.05, 0) is 43.5 Å². The Hall–Kier alpha value is -1.72. The van der Waals surface area contributed by atoms with E-state index in [1.165, 1.54) is 0 Å². The van der Waals surface area contributed by atoms with Crippen LogP contribution in [0.15, 0.2) is 24.8 Å². The van der Waals surface area contributed by atoms with E-state index >= 15 is 0 Å². The molecule has 1 aromatic rings. The Morgan fingerprint density at radius 3 is 2.78 bits per heavy atom. The van der Waals surface area contributed by atoms with Gasteiger partial charge in [0.05, 0.1) is 20.3 Å². The first kappa shape index (κ1) is 19.3. The van der Waals surface area contributed by atoms with Gasteiger partial charge in [0.1, 0.15) is 0 Å². The normalized spacial score (nSPS) is 16.3. The van der Waals surface area contributed by atoms with E-state index in [4.69, 9.17) is 9.47 Å². The zero-order valence-electron chi connectivity index (χ0n) is 13.7. The van der Waals surface area contributed by atoms with E-state index in [1.54, 1.807) is 14.2 Å². The zero-order chi connectivity index (χ0) is 15.9. The molecule has 1 aromatic carbocycles. The number of benzene rings is 1. The number of methoxy groups -OCH3 is 2. The Morgan fingerprint density at radius 2 is 2.22 bits per heavy atom. The first-order chi connectivity index (χ1) is 10.7. The monoisotopic (exact) mass is 340 g/mol. The molecule has 0 aromatic heterocycles. The maximum absolute atomic E-state index is 12.1. The van der Waals surface area contributed by atoms with Crippen molar-refractivity contribution in [3.05, 3.63) is 35.9 Å². The number of carbonyl (C=O) groups is 1. The summed E-state index contributed by atoms with van der Waals surface area (Å²) in [5.74, 6) is 1.44. The number of hydrogen-bond acceptors (Lipinski definition) is 4. The van der Waals surface area contributed by atoms with E-state index < -0.39 is 0 Å². The first-order valence-corrected chi connectivity index (χ1v) is 7.55. The van der Waals surface area contributed by atoms with Gasteiger partial charge in [-0.25, -0.2) is 0 Å². The predicted octanol–water partition coefficient (Wildman–Crippen LogP) is 2.22. The molecule has 1 heterocycles. The third-order valence-corrected chi connectivity index (χ3v) is 3.82. The number of ether oxygens (including phenoxy) is 2. The second-order valence-electron chi connectivity index (χ2n) is 5.35. The highest BCUT2D eigenvalue weighted by atomic mass is 35.5. The SMILES string of the molecule is C=CCc1cc(CNC(=O)C2CCCN2)cc(OC)c1OC.Cl. The largest absolute Gasteiger partial charge is 0.493 e.